The molecule has 1 fully saturated rings. The number of benzene rings is 1. The van der Waals surface area contributed by atoms with E-state index < -0.39 is 0 Å². The van der Waals surface area contributed by atoms with Gasteiger partial charge in [0.25, 0.3) is 0 Å². The number of hydrogen-bond acceptors (Lipinski definition) is 4. The Morgan fingerprint density at radius 2 is 1.82 bits per heavy atom. The standard InChI is InChI=1S/C17H26N4O/c1-3-22-13-12-20-8-10-21(11-9-20)14-17-18-15-6-4-5-7-16(15)19(17)2/h4-7H,3,8-14H2,1-2H3. The lowest BCUT2D eigenvalue weighted by molar-refractivity contribution is 0.0775. The van der Waals surface area contributed by atoms with Crippen LogP contribution in [0.2, 0.25) is 0 Å². The number of nitrogens with zero attached hydrogens (tertiary/aromatic N) is 4. The van der Waals surface area contributed by atoms with Crippen LogP contribution < -0.4 is 0 Å². The van der Waals surface area contributed by atoms with Crippen LogP contribution in [0.15, 0.2) is 24.3 Å². The Morgan fingerprint density at radius 3 is 2.55 bits per heavy atom. The smallest absolute Gasteiger partial charge is 0.123 e. The van der Waals surface area contributed by atoms with Crippen LogP contribution in [-0.4, -0.2) is 65.3 Å². The minimum absolute atomic E-state index is 0.812. The van der Waals surface area contributed by atoms with Gasteiger partial charge in [0.05, 0.1) is 24.2 Å². The first-order valence-electron chi connectivity index (χ1n) is 8.20. The molecule has 0 radical (unpaired) electrons. The molecule has 1 aliphatic heterocycles. The maximum atomic E-state index is 5.44. The number of imidazole rings is 1. The van der Waals surface area contributed by atoms with E-state index in [4.69, 9.17) is 9.72 Å². The molecule has 0 saturated carbocycles. The van der Waals surface area contributed by atoms with Crippen molar-refractivity contribution >= 4 is 11.0 Å². The van der Waals surface area contributed by atoms with E-state index in [9.17, 15) is 0 Å². The molecule has 22 heavy (non-hydrogen) atoms. The predicted octanol–water partition coefficient (Wildman–Crippen LogP) is 1.73. The van der Waals surface area contributed by atoms with Gasteiger partial charge in [-0.2, -0.15) is 0 Å². The van der Waals surface area contributed by atoms with Crippen LogP contribution in [0, 0.1) is 0 Å². The second kappa shape index (κ2) is 7.22. The summed E-state index contributed by atoms with van der Waals surface area (Å²) < 4.78 is 7.66. The number of hydrogen-bond donors (Lipinski definition) is 0. The average Bonchev–Trinajstić information content (AvgIpc) is 2.86. The molecule has 0 unspecified atom stereocenters. The topological polar surface area (TPSA) is 33.5 Å². The molecule has 3 rings (SSSR count). The lowest BCUT2D eigenvalue weighted by atomic mass is 10.3. The minimum Gasteiger partial charge on any atom is -0.380 e. The van der Waals surface area contributed by atoms with E-state index in [0.29, 0.717) is 0 Å². The van der Waals surface area contributed by atoms with Gasteiger partial charge in [-0.3, -0.25) is 9.80 Å². The van der Waals surface area contributed by atoms with Crippen molar-refractivity contribution in [3.05, 3.63) is 30.1 Å². The van der Waals surface area contributed by atoms with Crippen molar-refractivity contribution in [2.45, 2.75) is 13.5 Å². The zero-order valence-electron chi connectivity index (χ0n) is 13.7. The predicted molar refractivity (Wildman–Crippen MR) is 88.9 cm³/mol. The van der Waals surface area contributed by atoms with Crippen LogP contribution in [0.4, 0.5) is 0 Å². The van der Waals surface area contributed by atoms with Gasteiger partial charge >= 0.3 is 0 Å². The molecule has 1 saturated heterocycles. The van der Waals surface area contributed by atoms with E-state index >= 15 is 0 Å². The fraction of sp³-hybridized carbons (Fsp3) is 0.588. The molecule has 5 heteroatoms. The number of fused-ring (bicyclic) bond motifs is 1. The summed E-state index contributed by atoms with van der Waals surface area (Å²) in [6.45, 7) is 10.2. The molecule has 0 amide bonds. The molecule has 5 nitrogen and oxygen atoms in total. The Hall–Kier alpha value is -1.43. The van der Waals surface area contributed by atoms with Gasteiger partial charge in [0, 0.05) is 46.4 Å². The highest BCUT2D eigenvalue weighted by molar-refractivity contribution is 5.75. The molecule has 1 aromatic heterocycles. The van der Waals surface area contributed by atoms with Crippen LogP contribution in [0.25, 0.3) is 11.0 Å². The van der Waals surface area contributed by atoms with Crippen molar-refractivity contribution in [2.24, 2.45) is 7.05 Å². The van der Waals surface area contributed by atoms with Gasteiger partial charge in [-0.25, -0.2) is 4.98 Å². The van der Waals surface area contributed by atoms with Gasteiger partial charge in [-0.15, -0.1) is 0 Å². The van der Waals surface area contributed by atoms with Crippen LogP contribution in [0.5, 0.6) is 0 Å². The summed E-state index contributed by atoms with van der Waals surface area (Å²) in [6, 6.07) is 8.35. The molecule has 2 heterocycles. The lowest BCUT2D eigenvalue weighted by Crippen LogP contribution is -2.47. The highest BCUT2D eigenvalue weighted by Crippen LogP contribution is 2.16. The Balaban J connectivity index is 1.55. The lowest BCUT2D eigenvalue weighted by Gasteiger charge is -2.34. The number of aromatic nitrogens is 2. The largest absolute Gasteiger partial charge is 0.380 e. The van der Waals surface area contributed by atoms with E-state index in [1.54, 1.807) is 0 Å². The maximum absolute atomic E-state index is 5.44. The van der Waals surface area contributed by atoms with Crippen molar-refractivity contribution in [3.8, 4) is 0 Å². The molecule has 0 aliphatic carbocycles. The molecular formula is C17H26N4O. The van der Waals surface area contributed by atoms with Crippen molar-refractivity contribution in [1.29, 1.82) is 0 Å². The maximum Gasteiger partial charge on any atom is 0.123 e. The first-order chi connectivity index (χ1) is 10.8. The normalized spacial score (nSPS) is 17.4. The monoisotopic (exact) mass is 302 g/mol. The molecule has 0 N–H and O–H groups in total. The SMILES string of the molecule is CCOCCN1CCN(Cc2nc3ccccc3n2C)CC1. The molecule has 0 atom stereocenters. The van der Waals surface area contributed by atoms with E-state index in [2.05, 4.69) is 52.6 Å². The van der Waals surface area contributed by atoms with Crippen molar-refractivity contribution in [2.75, 3.05) is 45.9 Å². The average molecular weight is 302 g/mol. The zero-order chi connectivity index (χ0) is 15.4. The summed E-state index contributed by atoms with van der Waals surface area (Å²) in [5.41, 5.74) is 2.31. The van der Waals surface area contributed by atoms with Crippen molar-refractivity contribution in [1.82, 2.24) is 19.4 Å². The number of rotatable bonds is 6. The van der Waals surface area contributed by atoms with Gasteiger partial charge in [-0.05, 0) is 19.1 Å². The summed E-state index contributed by atoms with van der Waals surface area (Å²) >= 11 is 0. The molecule has 2 aromatic rings. The summed E-state index contributed by atoms with van der Waals surface area (Å²) in [5, 5.41) is 0. The summed E-state index contributed by atoms with van der Waals surface area (Å²) in [5.74, 6) is 1.16. The van der Waals surface area contributed by atoms with E-state index in [1.807, 2.05) is 0 Å². The van der Waals surface area contributed by atoms with Gasteiger partial charge in [0.2, 0.25) is 0 Å². The van der Waals surface area contributed by atoms with Gasteiger partial charge in [-0.1, -0.05) is 12.1 Å². The third kappa shape index (κ3) is 3.48. The summed E-state index contributed by atoms with van der Waals surface area (Å²) in [6.07, 6.45) is 0. The van der Waals surface area contributed by atoms with Crippen molar-refractivity contribution < 1.29 is 4.74 Å². The van der Waals surface area contributed by atoms with Crippen molar-refractivity contribution in [3.63, 3.8) is 0 Å². The number of piperazine rings is 1. The Morgan fingerprint density at radius 1 is 1.09 bits per heavy atom. The highest BCUT2D eigenvalue weighted by atomic mass is 16.5. The molecule has 1 aromatic carbocycles. The Kier molecular flexibility index (Phi) is 5.08. The second-order valence-electron chi connectivity index (χ2n) is 5.89. The molecule has 120 valence electrons. The molecule has 0 spiro atoms. The van der Waals surface area contributed by atoms with Crippen LogP contribution in [0.3, 0.4) is 0 Å². The number of ether oxygens (including phenoxy) is 1. The first-order valence-corrected chi connectivity index (χ1v) is 8.20. The molecule has 0 bridgehead atoms. The second-order valence-corrected chi connectivity index (χ2v) is 5.89. The zero-order valence-corrected chi connectivity index (χ0v) is 13.7. The van der Waals surface area contributed by atoms with Gasteiger partial charge in [0.1, 0.15) is 5.82 Å². The highest BCUT2D eigenvalue weighted by Gasteiger charge is 2.18. The quantitative estimate of drug-likeness (QED) is 0.761. The number of aryl methyl sites for hydroxylation is 1. The van der Waals surface area contributed by atoms with Crippen LogP contribution in [-0.2, 0) is 18.3 Å². The fourth-order valence-corrected chi connectivity index (χ4v) is 3.05. The fourth-order valence-electron chi connectivity index (χ4n) is 3.05. The van der Waals surface area contributed by atoms with E-state index in [-0.39, 0.29) is 0 Å². The first kappa shape index (κ1) is 15.5. The van der Waals surface area contributed by atoms with Gasteiger partial charge in [0.15, 0.2) is 0 Å². The third-order valence-corrected chi connectivity index (χ3v) is 4.47. The third-order valence-electron chi connectivity index (χ3n) is 4.47. The van der Waals surface area contributed by atoms with E-state index in [1.165, 1.54) is 5.52 Å². The molecular weight excluding hydrogens is 276 g/mol. The van der Waals surface area contributed by atoms with Crippen LogP contribution in [0.1, 0.15) is 12.7 Å². The van der Waals surface area contributed by atoms with Crippen LogP contribution >= 0.6 is 0 Å². The summed E-state index contributed by atoms with van der Waals surface area (Å²) in [4.78, 5) is 9.76. The van der Waals surface area contributed by atoms with E-state index in [0.717, 1.165) is 63.8 Å². The number of para-hydroxylation sites is 2. The molecule has 1 aliphatic rings. The minimum atomic E-state index is 0.812. The summed E-state index contributed by atoms with van der Waals surface area (Å²) in [7, 11) is 2.11. The Bertz CT molecular complexity index is 602. The van der Waals surface area contributed by atoms with Gasteiger partial charge < -0.3 is 9.30 Å². The Labute approximate surface area is 132 Å².